The normalized spacial score (nSPS) is 11.8. The SMILES string of the molecule is COCC(C)NC(=O)c1cc(NC(=O)c2nc(C)oc2C)cc(-c2ccc(C)cc2)c1. The van der Waals surface area contributed by atoms with Gasteiger partial charge in [0.2, 0.25) is 0 Å². The Morgan fingerprint density at radius 2 is 1.74 bits per heavy atom. The number of carbonyl (C=O) groups is 2. The van der Waals surface area contributed by atoms with E-state index in [4.69, 9.17) is 9.15 Å². The number of nitrogens with one attached hydrogen (secondary N) is 2. The fourth-order valence-corrected chi connectivity index (χ4v) is 3.27. The molecule has 0 saturated carbocycles. The molecule has 2 aromatic carbocycles. The van der Waals surface area contributed by atoms with E-state index in [0.717, 1.165) is 16.7 Å². The van der Waals surface area contributed by atoms with Gasteiger partial charge in [-0.05, 0) is 50.1 Å². The first kappa shape index (κ1) is 22.2. The molecule has 2 N–H and O–H groups in total. The highest BCUT2D eigenvalue weighted by Crippen LogP contribution is 2.26. The number of amides is 2. The quantitative estimate of drug-likeness (QED) is 0.594. The molecule has 7 heteroatoms. The van der Waals surface area contributed by atoms with E-state index < -0.39 is 5.91 Å². The van der Waals surface area contributed by atoms with Gasteiger partial charge in [-0.3, -0.25) is 9.59 Å². The number of oxazole rings is 1. The largest absolute Gasteiger partial charge is 0.445 e. The third kappa shape index (κ3) is 5.58. The number of aromatic nitrogens is 1. The molecule has 0 aliphatic heterocycles. The van der Waals surface area contributed by atoms with E-state index in [1.54, 1.807) is 33.1 Å². The van der Waals surface area contributed by atoms with Crippen molar-refractivity contribution in [2.75, 3.05) is 19.0 Å². The fourth-order valence-electron chi connectivity index (χ4n) is 3.27. The highest BCUT2D eigenvalue weighted by Gasteiger charge is 2.18. The minimum absolute atomic E-state index is 0.153. The summed E-state index contributed by atoms with van der Waals surface area (Å²) in [5.74, 6) is 0.219. The molecule has 1 unspecified atom stereocenters. The summed E-state index contributed by atoms with van der Waals surface area (Å²) in [4.78, 5) is 29.7. The molecule has 2 amide bonds. The van der Waals surface area contributed by atoms with E-state index in [2.05, 4.69) is 15.6 Å². The molecular formula is C24H27N3O4. The van der Waals surface area contributed by atoms with Crippen LogP contribution in [0.1, 0.15) is 45.0 Å². The zero-order chi connectivity index (χ0) is 22.5. The lowest BCUT2D eigenvalue weighted by Gasteiger charge is -2.15. The van der Waals surface area contributed by atoms with Gasteiger partial charge in [0.1, 0.15) is 5.76 Å². The van der Waals surface area contributed by atoms with Crippen LogP contribution >= 0.6 is 0 Å². The Hall–Kier alpha value is -3.45. The standard InChI is InChI=1S/C24H27N3O4/c1-14-6-8-18(9-7-14)19-10-20(23(28)25-15(2)13-30-5)12-21(11-19)27-24(29)22-16(3)31-17(4)26-22/h6-12,15H,13H2,1-5H3,(H,25,28)(H,27,29). The minimum atomic E-state index is -0.394. The Morgan fingerprint density at radius 3 is 2.35 bits per heavy atom. The molecule has 1 heterocycles. The molecule has 3 aromatic rings. The second-order valence-corrected chi connectivity index (χ2v) is 7.59. The molecule has 0 fully saturated rings. The summed E-state index contributed by atoms with van der Waals surface area (Å²) >= 11 is 0. The lowest BCUT2D eigenvalue weighted by molar-refractivity contribution is 0.0904. The molecule has 0 spiro atoms. The third-order valence-corrected chi connectivity index (χ3v) is 4.75. The van der Waals surface area contributed by atoms with Crippen LogP contribution in [0.2, 0.25) is 0 Å². The van der Waals surface area contributed by atoms with Crippen LogP contribution in [0.3, 0.4) is 0 Å². The molecule has 0 aliphatic rings. The van der Waals surface area contributed by atoms with Crippen molar-refractivity contribution in [2.24, 2.45) is 0 Å². The first-order valence-electron chi connectivity index (χ1n) is 10.0. The number of ether oxygens (including phenoxy) is 1. The third-order valence-electron chi connectivity index (χ3n) is 4.75. The number of benzene rings is 2. The van der Waals surface area contributed by atoms with Crippen LogP contribution in [0.25, 0.3) is 11.1 Å². The van der Waals surface area contributed by atoms with Gasteiger partial charge < -0.3 is 19.8 Å². The fraction of sp³-hybridized carbons (Fsp3) is 0.292. The molecule has 1 atom stereocenters. The average molecular weight is 421 g/mol. The number of hydrogen-bond acceptors (Lipinski definition) is 5. The van der Waals surface area contributed by atoms with Gasteiger partial charge in [-0.15, -0.1) is 0 Å². The lowest BCUT2D eigenvalue weighted by Crippen LogP contribution is -2.35. The highest BCUT2D eigenvalue weighted by atomic mass is 16.5. The van der Waals surface area contributed by atoms with Crippen molar-refractivity contribution in [1.82, 2.24) is 10.3 Å². The van der Waals surface area contributed by atoms with Crippen molar-refractivity contribution in [3.05, 3.63) is 70.9 Å². The average Bonchev–Trinajstić information content (AvgIpc) is 3.06. The Kier molecular flexibility index (Phi) is 6.87. The van der Waals surface area contributed by atoms with Crippen LogP contribution in [0.5, 0.6) is 0 Å². The maximum absolute atomic E-state index is 12.8. The van der Waals surface area contributed by atoms with Crippen LogP contribution < -0.4 is 10.6 Å². The van der Waals surface area contributed by atoms with Crippen molar-refractivity contribution in [1.29, 1.82) is 0 Å². The van der Waals surface area contributed by atoms with Gasteiger partial charge in [0.15, 0.2) is 11.6 Å². The molecule has 1 aromatic heterocycles. The van der Waals surface area contributed by atoms with Gasteiger partial charge in [-0.1, -0.05) is 29.8 Å². The van der Waals surface area contributed by atoms with Crippen molar-refractivity contribution in [2.45, 2.75) is 33.7 Å². The van der Waals surface area contributed by atoms with E-state index >= 15 is 0 Å². The van der Waals surface area contributed by atoms with Crippen molar-refractivity contribution in [3.8, 4) is 11.1 Å². The Morgan fingerprint density at radius 1 is 1.03 bits per heavy atom. The number of methoxy groups -OCH3 is 1. The smallest absolute Gasteiger partial charge is 0.277 e. The van der Waals surface area contributed by atoms with Gasteiger partial charge in [0, 0.05) is 31.3 Å². The Balaban J connectivity index is 1.96. The number of rotatable bonds is 7. The molecule has 162 valence electrons. The predicted octanol–water partition coefficient (Wildman–Crippen LogP) is 4.28. The second-order valence-electron chi connectivity index (χ2n) is 7.59. The van der Waals surface area contributed by atoms with E-state index in [1.807, 2.05) is 44.2 Å². The number of nitrogens with zero attached hydrogens (tertiary/aromatic N) is 1. The van der Waals surface area contributed by atoms with Gasteiger partial charge in [0.25, 0.3) is 11.8 Å². The Bertz CT molecular complexity index is 1090. The second kappa shape index (κ2) is 9.57. The summed E-state index contributed by atoms with van der Waals surface area (Å²) < 4.78 is 10.5. The van der Waals surface area contributed by atoms with Crippen molar-refractivity contribution < 1.29 is 18.7 Å². The molecule has 3 rings (SSSR count). The van der Waals surface area contributed by atoms with E-state index in [9.17, 15) is 9.59 Å². The maximum Gasteiger partial charge on any atom is 0.277 e. The predicted molar refractivity (Wildman–Crippen MR) is 119 cm³/mol. The maximum atomic E-state index is 12.8. The molecule has 0 saturated heterocycles. The zero-order valence-corrected chi connectivity index (χ0v) is 18.4. The topological polar surface area (TPSA) is 93.5 Å². The van der Waals surface area contributed by atoms with E-state index in [0.29, 0.717) is 29.5 Å². The first-order chi connectivity index (χ1) is 14.8. The van der Waals surface area contributed by atoms with Gasteiger partial charge in [-0.25, -0.2) is 4.98 Å². The summed E-state index contributed by atoms with van der Waals surface area (Å²) in [6, 6.07) is 13.1. The molecule has 0 bridgehead atoms. The van der Waals surface area contributed by atoms with Gasteiger partial charge in [0.05, 0.1) is 6.61 Å². The number of hydrogen-bond donors (Lipinski definition) is 2. The van der Waals surface area contributed by atoms with E-state index in [-0.39, 0.29) is 17.6 Å². The van der Waals surface area contributed by atoms with Gasteiger partial charge in [-0.2, -0.15) is 0 Å². The summed E-state index contributed by atoms with van der Waals surface area (Å²) in [6.07, 6.45) is 0. The molecule has 0 radical (unpaired) electrons. The van der Waals surface area contributed by atoms with Crippen LogP contribution in [0, 0.1) is 20.8 Å². The monoisotopic (exact) mass is 421 g/mol. The summed E-state index contributed by atoms with van der Waals surface area (Å²) in [7, 11) is 1.59. The minimum Gasteiger partial charge on any atom is -0.445 e. The van der Waals surface area contributed by atoms with E-state index in [1.165, 1.54) is 0 Å². The number of carbonyl (C=O) groups excluding carboxylic acids is 2. The van der Waals surface area contributed by atoms with Crippen molar-refractivity contribution in [3.63, 3.8) is 0 Å². The highest BCUT2D eigenvalue weighted by molar-refractivity contribution is 6.05. The molecule has 7 nitrogen and oxygen atoms in total. The Labute approximate surface area is 181 Å². The van der Waals surface area contributed by atoms with Crippen LogP contribution in [-0.4, -0.2) is 36.6 Å². The lowest BCUT2D eigenvalue weighted by atomic mass is 10.0. The van der Waals surface area contributed by atoms with Crippen LogP contribution in [0.15, 0.2) is 46.9 Å². The molecule has 0 aliphatic carbocycles. The summed E-state index contributed by atoms with van der Waals surface area (Å²) in [5.41, 5.74) is 4.04. The first-order valence-corrected chi connectivity index (χ1v) is 10.0. The van der Waals surface area contributed by atoms with Crippen LogP contribution in [-0.2, 0) is 4.74 Å². The number of anilines is 1. The van der Waals surface area contributed by atoms with Gasteiger partial charge >= 0.3 is 0 Å². The summed E-state index contributed by atoms with van der Waals surface area (Å²) in [5, 5.41) is 5.75. The molecule has 31 heavy (non-hydrogen) atoms. The van der Waals surface area contributed by atoms with Crippen LogP contribution in [0.4, 0.5) is 5.69 Å². The van der Waals surface area contributed by atoms with Crippen molar-refractivity contribution >= 4 is 17.5 Å². The summed E-state index contributed by atoms with van der Waals surface area (Å²) in [6.45, 7) is 7.65. The zero-order valence-electron chi connectivity index (χ0n) is 18.4. The number of aryl methyl sites for hydroxylation is 3. The molecular weight excluding hydrogens is 394 g/mol.